The summed E-state index contributed by atoms with van der Waals surface area (Å²) in [6, 6.07) is 1.55. The molecule has 4 atom stereocenters. The molecule has 34 heavy (non-hydrogen) atoms. The normalized spacial score (nSPS) is 26.6. The van der Waals surface area contributed by atoms with Crippen molar-refractivity contribution in [1.29, 1.82) is 0 Å². The van der Waals surface area contributed by atoms with Gasteiger partial charge in [0.25, 0.3) is 0 Å². The van der Waals surface area contributed by atoms with Crippen molar-refractivity contribution in [3.8, 4) is 5.75 Å². The Labute approximate surface area is 196 Å². The van der Waals surface area contributed by atoms with Crippen LogP contribution in [0.2, 0.25) is 0 Å². The van der Waals surface area contributed by atoms with E-state index in [4.69, 9.17) is 14.2 Å². The van der Waals surface area contributed by atoms with Crippen LogP contribution in [0.5, 0.6) is 5.75 Å². The summed E-state index contributed by atoms with van der Waals surface area (Å²) in [4.78, 5) is 39.3. The molecule has 1 saturated heterocycles. The van der Waals surface area contributed by atoms with E-state index in [0.717, 1.165) is 6.42 Å². The molecule has 0 radical (unpaired) electrons. The van der Waals surface area contributed by atoms with Gasteiger partial charge in [-0.3, -0.25) is 14.4 Å². The van der Waals surface area contributed by atoms with Gasteiger partial charge in [-0.1, -0.05) is 13.3 Å². The first-order valence-electron chi connectivity index (χ1n) is 11.3. The summed E-state index contributed by atoms with van der Waals surface area (Å²) in [5.74, 6) is -1.35. The fourth-order valence-electron chi connectivity index (χ4n) is 4.70. The number of ketones is 3. The second kappa shape index (κ2) is 9.42. The van der Waals surface area contributed by atoms with Crippen LogP contribution < -0.4 is 0 Å². The van der Waals surface area contributed by atoms with Gasteiger partial charge in [0.1, 0.15) is 29.8 Å². The molecule has 0 spiro atoms. The number of fused-ring (bicyclic) bond motifs is 2. The maximum Gasteiger partial charge on any atom is 0.199 e. The SMILES string of the molecule is CCCC1OC(C)=Cc2cc3c(c(O)c21)C(=O)C([C@@H]1OC[C@@H](O)[C@H](CO)O1)=C(CC(C)=O)C3=O. The Hall–Kier alpha value is -2.85. The van der Waals surface area contributed by atoms with Crippen molar-refractivity contribution in [1.82, 2.24) is 0 Å². The quantitative estimate of drug-likeness (QED) is 0.569. The molecule has 3 N–H and O–H groups in total. The van der Waals surface area contributed by atoms with Crippen LogP contribution in [0.25, 0.3) is 6.08 Å². The molecule has 0 bridgehead atoms. The highest BCUT2D eigenvalue weighted by Crippen LogP contribution is 2.46. The van der Waals surface area contributed by atoms with Crippen LogP contribution >= 0.6 is 0 Å². The lowest BCUT2D eigenvalue weighted by Gasteiger charge is -2.36. The minimum absolute atomic E-state index is 0.00278. The van der Waals surface area contributed by atoms with E-state index in [2.05, 4.69) is 0 Å². The van der Waals surface area contributed by atoms with E-state index in [1.54, 1.807) is 19.1 Å². The van der Waals surface area contributed by atoms with Gasteiger partial charge in [0.05, 0.1) is 30.1 Å². The number of carbonyl (C=O) groups excluding carboxylic acids is 3. The fraction of sp³-hybridized carbons (Fsp3) is 0.480. The van der Waals surface area contributed by atoms with Gasteiger partial charge in [0.15, 0.2) is 17.9 Å². The van der Waals surface area contributed by atoms with Gasteiger partial charge in [0, 0.05) is 23.1 Å². The maximum atomic E-state index is 13.7. The lowest BCUT2D eigenvalue weighted by Crippen LogP contribution is -2.48. The summed E-state index contributed by atoms with van der Waals surface area (Å²) in [5, 5.41) is 30.7. The molecule has 1 aliphatic carbocycles. The smallest absolute Gasteiger partial charge is 0.199 e. The highest BCUT2D eigenvalue weighted by atomic mass is 16.7. The number of ether oxygens (including phenoxy) is 3. The zero-order valence-corrected chi connectivity index (χ0v) is 19.3. The first-order chi connectivity index (χ1) is 16.2. The zero-order valence-electron chi connectivity index (χ0n) is 19.3. The van der Waals surface area contributed by atoms with E-state index >= 15 is 0 Å². The van der Waals surface area contributed by atoms with E-state index in [1.807, 2.05) is 6.92 Å². The van der Waals surface area contributed by atoms with Crippen LogP contribution in [-0.4, -0.2) is 64.4 Å². The third-order valence-electron chi connectivity index (χ3n) is 6.23. The van der Waals surface area contributed by atoms with Gasteiger partial charge in [-0.25, -0.2) is 0 Å². The van der Waals surface area contributed by atoms with Crippen LogP contribution in [0.1, 0.15) is 78.0 Å². The monoisotopic (exact) mass is 472 g/mol. The van der Waals surface area contributed by atoms with Crippen LogP contribution in [0.4, 0.5) is 0 Å². The number of hydrogen-bond donors (Lipinski definition) is 3. The standard InChI is InChI=1S/C25H28O9/c1-4-5-17-19-13(7-12(3)33-17)8-15-20(23(19)30)24(31)21(14(22(15)29)6-11(2)27)25-32-10-16(28)18(9-26)34-25/h7-8,16-18,25-26,28,30H,4-6,9-10H2,1-3H3/t16-,17?,18+,25-/m1/s1. The average Bonchev–Trinajstić information content (AvgIpc) is 2.77. The first kappa shape index (κ1) is 24.3. The van der Waals surface area contributed by atoms with Crippen molar-refractivity contribution in [2.24, 2.45) is 0 Å². The highest BCUT2D eigenvalue weighted by Gasteiger charge is 2.44. The number of phenolic OH excluding ortho intramolecular Hbond substituents is 1. The number of benzene rings is 1. The number of hydrogen-bond acceptors (Lipinski definition) is 9. The molecule has 182 valence electrons. The molecule has 1 aromatic rings. The first-order valence-corrected chi connectivity index (χ1v) is 11.3. The lowest BCUT2D eigenvalue weighted by molar-refractivity contribution is -0.241. The number of aliphatic hydroxyl groups is 2. The molecule has 9 nitrogen and oxygen atoms in total. The number of aromatic hydroxyl groups is 1. The van der Waals surface area contributed by atoms with E-state index in [-0.39, 0.29) is 46.8 Å². The van der Waals surface area contributed by atoms with Crippen molar-refractivity contribution in [2.45, 2.75) is 64.6 Å². The van der Waals surface area contributed by atoms with Crippen molar-refractivity contribution in [3.63, 3.8) is 0 Å². The summed E-state index contributed by atoms with van der Waals surface area (Å²) < 4.78 is 17.0. The van der Waals surface area contributed by atoms with Crippen LogP contribution in [0, 0.1) is 0 Å². The number of Topliss-reactive ketones (excluding diaryl/α,β-unsaturated/α-hetero) is 3. The average molecular weight is 472 g/mol. The number of allylic oxidation sites excluding steroid dienone is 2. The Bertz CT molecular complexity index is 1110. The highest BCUT2D eigenvalue weighted by molar-refractivity contribution is 6.29. The predicted molar refractivity (Wildman–Crippen MR) is 119 cm³/mol. The van der Waals surface area contributed by atoms with Gasteiger partial charge < -0.3 is 29.5 Å². The van der Waals surface area contributed by atoms with Gasteiger partial charge in [0.2, 0.25) is 0 Å². The third kappa shape index (κ3) is 4.09. The minimum Gasteiger partial charge on any atom is -0.507 e. The number of aliphatic hydroxyl groups excluding tert-OH is 2. The van der Waals surface area contributed by atoms with Crippen LogP contribution in [-0.2, 0) is 19.0 Å². The summed E-state index contributed by atoms with van der Waals surface area (Å²) in [6.07, 6.45) is -1.31. The molecular weight excluding hydrogens is 444 g/mol. The number of phenols is 1. The molecule has 0 amide bonds. The summed E-state index contributed by atoms with van der Waals surface area (Å²) in [7, 11) is 0. The molecule has 1 unspecified atom stereocenters. The maximum absolute atomic E-state index is 13.7. The molecule has 3 aliphatic rings. The van der Waals surface area contributed by atoms with E-state index in [0.29, 0.717) is 23.3 Å². The molecule has 1 fully saturated rings. The zero-order chi connectivity index (χ0) is 24.7. The second-order valence-electron chi connectivity index (χ2n) is 8.82. The van der Waals surface area contributed by atoms with Gasteiger partial charge in [-0.05, 0) is 38.0 Å². The Morgan fingerprint density at radius 3 is 2.62 bits per heavy atom. The van der Waals surface area contributed by atoms with E-state index in [1.165, 1.54) is 6.92 Å². The minimum atomic E-state index is -1.39. The van der Waals surface area contributed by atoms with Crippen molar-refractivity contribution < 1.29 is 43.9 Å². The number of carbonyl (C=O) groups is 3. The molecule has 2 aliphatic heterocycles. The fourth-order valence-corrected chi connectivity index (χ4v) is 4.70. The van der Waals surface area contributed by atoms with Crippen molar-refractivity contribution in [2.75, 3.05) is 13.2 Å². The Balaban J connectivity index is 1.89. The molecule has 9 heteroatoms. The largest absolute Gasteiger partial charge is 0.507 e. The molecule has 2 heterocycles. The van der Waals surface area contributed by atoms with Gasteiger partial charge >= 0.3 is 0 Å². The second-order valence-corrected chi connectivity index (χ2v) is 8.82. The van der Waals surface area contributed by atoms with E-state index in [9.17, 15) is 29.7 Å². The summed E-state index contributed by atoms with van der Waals surface area (Å²) in [6.45, 7) is 4.27. The van der Waals surface area contributed by atoms with Crippen molar-refractivity contribution in [3.05, 3.63) is 45.2 Å². The molecular formula is C25H28O9. The summed E-state index contributed by atoms with van der Waals surface area (Å²) in [5.41, 5.74) is 0.526. The van der Waals surface area contributed by atoms with E-state index < -0.39 is 42.8 Å². The van der Waals surface area contributed by atoms with Crippen LogP contribution in [0.15, 0.2) is 23.0 Å². The number of rotatable bonds is 6. The Kier molecular flexibility index (Phi) is 6.73. The predicted octanol–water partition coefficient (Wildman–Crippen LogP) is 2.37. The summed E-state index contributed by atoms with van der Waals surface area (Å²) >= 11 is 0. The molecule has 4 rings (SSSR count). The topological polar surface area (TPSA) is 140 Å². The third-order valence-corrected chi connectivity index (χ3v) is 6.23. The van der Waals surface area contributed by atoms with Gasteiger partial charge in [-0.2, -0.15) is 0 Å². The Morgan fingerprint density at radius 2 is 1.97 bits per heavy atom. The molecule has 1 aromatic carbocycles. The van der Waals surface area contributed by atoms with Gasteiger partial charge in [-0.15, -0.1) is 0 Å². The van der Waals surface area contributed by atoms with Crippen molar-refractivity contribution >= 4 is 23.4 Å². The van der Waals surface area contributed by atoms with Crippen LogP contribution in [0.3, 0.4) is 0 Å². The Morgan fingerprint density at radius 1 is 1.24 bits per heavy atom. The molecule has 0 aromatic heterocycles. The molecule has 0 saturated carbocycles. The lowest BCUT2D eigenvalue weighted by atomic mass is 9.78.